The maximum absolute atomic E-state index is 13.7. The molecule has 2 aliphatic rings. The molecule has 140 valence electrons. The highest BCUT2D eigenvalue weighted by Gasteiger charge is 2.30. The molecule has 0 atom stereocenters. The summed E-state index contributed by atoms with van der Waals surface area (Å²) in [5.41, 5.74) is 0.0916. The number of benzene rings is 1. The summed E-state index contributed by atoms with van der Waals surface area (Å²) in [6.07, 6.45) is 1.41. The summed E-state index contributed by atoms with van der Waals surface area (Å²) in [7, 11) is 0. The van der Waals surface area contributed by atoms with E-state index in [-0.39, 0.29) is 23.4 Å². The minimum atomic E-state index is -0.614. The lowest BCUT2D eigenvalue weighted by atomic mass is 9.97. The SMILES string of the molecule is O=C1Nc2c(F)cccc2C(=O)/C1=C\NCCN1CCN(CCO)CC1. The number of ketones is 1. The average Bonchev–Trinajstić information content (AvgIpc) is 2.63. The van der Waals surface area contributed by atoms with Gasteiger partial charge in [0.25, 0.3) is 5.91 Å². The van der Waals surface area contributed by atoms with E-state index in [1.54, 1.807) is 0 Å². The summed E-state index contributed by atoms with van der Waals surface area (Å²) in [4.78, 5) is 29.0. The molecular formula is C18H23FN4O3. The number of hydrogen-bond acceptors (Lipinski definition) is 6. The molecule has 0 saturated carbocycles. The van der Waals surface area contributed by atoms with Crippen LogP contribution in [-0.4, -0.2) is 79.0 Å². The van der Waals surface area contributed by atoms with Crippen LogP contribution in [0, 0.1) is 5.82 Å². The number of nitrogens with one attached hydrogen (secondary N) is 2. The topological polar surface area (TPSA) is 84.9 Å². The molecule has 8 heteroatoms. The number of carbonyl (C=O) groups excluding carboxylic acids is 2. The van der Waals surface area contributed by atoms with E-state index in [2.05, 4.69) is 20.4 Å². The van der Waals surface area contributed by atoms with Crippen molar-refractivity contribution in [1.29, 1.82) is 0 Å². The smallest absolute Gasteiger partial charge is 0.261 e. The third-order valence-corrected chi connectivity index (χ3v) is 4.69. The lowest BCUT2D eigenvalue weighted by Crippen LogP contribution is -2.48. The van der Waals surface area contributed by atoms with Crippen LogP contribution in [0.2, 0.25) is 0 Å². The van der Waals surface area contributed by atoms with Gasteiger partial charge in [0, 0.05) is 57.6 Å². The molecule has 3 rings (SSSR count). The van der Waals surface area contributed by atoms with Gasteiger partial charge in [-0.3, -0.25) is 19.4 Å². The van der Waals surface area contributed by atoms with Crippen LogP contribution in [0.25, 0.3) is 0 Å². The molecule has 1 amide bonds. The van der Waals surface area contributed by atoms with E-state index < -0.39 is 17.5 Å². The molecule has 1 aromatic carbocycles. The van der Waals surface area contributed by atoms with E-state index in [9.17, 15) is 14.0 Å². The number of aliphatic hydroxyl groups is 1. The molecule has 0 bridgehead atoms. The van der Waals surface area contributed by atoms with Crippen LogP contribution in [0.5, 0.6) is 0 Å². The van der Waals surface area contributed by atoms with Crippen molar-refractivity contribution in [3.05, 3.63) is 41.4 Å². The van der Waals surface area contributed by atoms with Crippen LogP contribution in [0.4, 0.5) is 10.1 Å². The van der Waals surface area contributed by atoms with E-state index >= 15 is 0 Å². The standard InChI is InChI=1S/C18H23FN4O3/c19-15-3-1-2-13-16(15)21-18(26)14(17(13)25)12-20-4-5-22-6-8-23(9-7-22)10-11-24/h1-3,12,20,24H,4-11H2,(H,21,26)/b14-12+. The van der Waals surface area contributed by atoms with Gasteiger partial charge in [-0.25, -0.2) is 4.39 Å². The molecule has 0 aliphatic carbocycles. The van der Waals surface area contributed by atoms with E-state index in [0.29, 0.717) is 13.1 Å². The van der Waals surface area contributed by atoms with Crippen molar-refractivity contribution >= 4 is 17.4 Å². The van der Waals surface area contributed by atoms with Gasteiger partial charge in [0.2, 0.25) is 5.78 Å². The average molecular weight is 362 g/mol. The minimum Gasteiger partial charge on any atom is -0.395 e. The summed E-state index contributed by atoms with van der Waals surface area (Å²) in [5.74, 6) is -1.69. The van der Waals surface area contributed by atoms with Crippen molar-refractivity contribution in [3.8, 4) is 0 Å². The highest BCUT2D eigenvalue weighted by molar-refractivity contribution is 6.33. The number of β-amino-alcohol motifs (C(OH)–C–C–N with tert-alkyl or cyclic N) is 1. The Labute approximate surface area is 151 Å². The Kier molecular flexibility index (Phi) is 5.97. The Morgan fingerprint density at radius 1 is 1.15 bits per heavy atom. The molecule has 1 saturated heterocycles. The number of carbonyl (C=O) groups is 2. The van der Waals surface area contributed by atoms with Gasteiger partial charge in [-0.2, -0.15) is 0 Å². The Bertz CT molecular complexity index is 714. The summed E-state index contributed by atoms with van der Waals surface area (Å²) >= 11 is 0. The summed E-state index contributed by atoms with van der Waals surface area (Å²) in [6, 6.07) is 4.16. The van der Waals surface area contributed by atoms with Crippen molar-refractivity contribution < 1.29 is 19.1 Å². The Balaban J connectivity index is 1.52. The lowest BCUT2D eigenvalue weighted by Gasteiger charge is -2.34. The number of fused-ring (bicyclic) bond motifs is 1. The van der Waals surface area contributed by atoms with Crippen LogP contribution in [-0.2, 0) is 4.79 Å². The van der Waals surface area contributed by atoms with Crippen molar-refractivity contribution in [2.24, 2.45) is 0 Å². The number of anilines is 1. The maximum atomic E-state index is 13.7. The minimum absolute atomic E-state index is 0.0177. The maximum Gasteiger partial charge on any atom is 0.261 e. The number of amides is 1. The van der Waals surface area contributed by atoms with Gasteiger partial charge in [-0.1, -0.05) is 6.07 Å². The van der Waals surface area contributed by atoms with Crippen LogP contribution < -0.4 is 10.6 Å². The molecule has 2 aliphatic heterocycles. The third kappa shape index (κ3) is 4.09. The number of nitrogens with zero attached hydrogens (tertiary/aromatic N) is 2. The monoisotopic (exact) mass is 362 g/mol. The molecule has 3 N–H and O–H groups in total. The number of Topliss-reactive ketones (excluding diaryl/α,β-unsaturated/α-hetero) is 1. The van der Waals surface area contributed by atoms with Crippen LogP contribution in [0.1, 0.15) is 10.4 Å². The number of para-hydroxylation sites is 1. The van der Waals surface area contributed by atoms with E-state index in [1.165, 1.54) is 24.4 Å². The predicted molar refractivity (Wildman–Crippen MR) is 95.4 cm³/mol. The second-order valence-electron chi connectivity index (χ2n) is 6.36. The van der Waals surface area contributed by atoms with Crippen molar-refractivity contribution in [3.63, 3.8) is 0 Å². The molecule has 2 heterocycles. The molecule has 1 fully saturated rings. The molecular weight excluding hydrogens is 339 g/mol. The number of aliphatic hydroxyl groups excluding tert-OH is 1. The first-order chi connectivity index (χ1) is 12.6. The molecule has 0 radical (unpaired) electrons. The van der Waals surface area contributed by atoms with E-state index in [4.69, 9.17) is 5.11 Å². The Morgan fingerprint density at radius 3 is 2.54 bits per heavy atom. The van der Waals surface area contributed by atoms with Crippen LogP contribution in [0.3, 0.4) is 0 Å². The van der Waals surface area contributed by atoms with Gasteiger partial charge in [0.15, 0.2) is 0 Å². The Morgan fingerprint density at radius 2 is 1.85 bits per heavy atom. The summed E-state index contributed by atoms with van der Waals surface area (Å²) in [5, 5.41) is 14.4. The lowest BCUT2D eigenvalue weighted by molar-refractivity contribution is -0.112. The first-order valence-corrected chi connectivity index (χ1v) is 8.74. The van der Waals surface area contributed by atoms with Crippen molar-refractivity contribution in [1.82, 2.24) is 15.1 Å². The fourth-order valence-electron chi connectivity index (χ4n) is 3.18. The second kappa shape index (κ2) is 8.39. The molecule has 26 heavy (non-hydrogen) atoms. The quantitative estimate of drug-likeness (QED) is 0.377. The summed E-state index contributed by atoms with van der Waals surface area (Å²) in [6.45, 7) is 5.96. The van der Waals surface area contributed by atoms with Crippen molar-refractivity contribution in [2.45, 2.75) is 0 Å². The summed E-state index contributed by atoms with van der Waals surface area (Å²) < 4.78 is 13.7. The normalized spacial score (nSPS) is 20.2. The van der Waals surface area contributed by atoms with Crippen LogP contribution >= 0.6 is 0 Å². The molecule has 0 unspecified atom stereocenters. The number of halogens is 1. The molecule has 0 spiro atoms. The van der Waals surface area contributed by atoms with Gasteiger partial charge in [0.05, 0.1) is 12.3 Å². The first-order valence-electron chi connectivity index (χ1n) is 8.74. The zero-order valence-corrected chi connectivity index (χ0v) is 14.5. The largest absolute Gasteiger partial charge is 0.395 e. The number of piperazine rings is 1. The first kappa shape index (κ1) is 18.5. The highest BCUT2D eigenvalue weighted by Crippen LogP contribution is 2.27. The fraction of sp³-hybridized carbons (Fsp3) is 0.444. The van der Waals surface area contributed by atoms with Gasteiger partial charge in [-0.05, 0) is 12.1 Å². The van der Waals surface area contributed by atoms with Gasteiger partial charge in [-0.15, -0.1) is 0 Å². The van der Waals surface area contributed by atoms with Gasteiger partial charge in [0.1, 0.15) is 11.4 Å². The van der Waals surface area contributed by atoms with Crippen LogP contribution in [0.15, 0.2) is 30.0 Å². The highest BCUT2D eigenvalue weighted by atomic mass is 19.1. The molecule has 0 aromatic heterocycles. The molecule has 7 nitrogen and oxygen atoms in total. The Hall–Kier alpha value is -2.29. The van der Waals surface area contributed by atoms with E-state index in [1.807, 2.05) is 0 Å². The predicted octanol–water partition coefficient (Wildman–Crippen LogP) is 0.0439. The van der Waals surface area contributed by atoms with E-state index in [0.717, 1.165) is 32.7 Å². The molecule has 1 aromatic rings. The third-order valence-electron chi connectivity index (χ3n) is 4.69. The zero-order valence-electron chi connectivity index (χ0n) is 14.5. The van der Waals surface area contributed by atoms with Gasteiger partial charge >= 0.3 is 0 Å². The zero-order chi connectivity index (χ0) is 18.5. The number of hydrogen-bond donors (Lipinski definition) is 3. The number of rotatable bonds is 6. The van der Waals surface area contributed by atoms with Gasteiger partial charge < -0.3 is 15.7 Å². The second-order valence-corrected chi connectivity index (χ2v) is 6.36. The fourth-order valence-corrected chi connectivity index (χ4v) is 3.18. The van der Waals surface area contributed by atoms with Crippen molar-refractivity contribution in [2.75, 3.05) is 57.7 Å².